The molecule has 2 N–H and O–H groups in total. The fourth-order valence-electron chi connectivity index (χ4n) is 3.04. The van der Waals surface area contributed by atoms with E-state index in [1.165, 1.54) is 0 Å². The minimum atomic E-state index is 0. The largest absolute Gasteiger partial charge is 0.496 e. The van der Waals surface area contributed by atoms with Gasteiger partial charge in [0, 0.05) is 30.8 Å². The van der Waals surface area contributed by atoms with Crippen molar-refractivity contribution in [2.45, 2.75) is 25.9 Å². The van der Waals surface area contributed by atoms with Gasteiger partial charge in [0.2, 0.25) is 0 Å². The molecule has 1 heterocycles. The van der Waals surface area contributed by atoms with Crippen molar-refractivity contribution in [2.75, 3.05) is 34.4 Å². The van der Waals surface area contributed by atoms with Gasteiger partial charge < -0.3 is 19.9 Å². The Morgan fingerprint density at radius 1 is 1.09 bits per heavy atom. The zero-order valence-corrected chi connectivity index (χ0v) is 14.6. The van der Waals surface area contributed by atoms with Crippen LogP contribution in [0, 0.1) is 5.92 Å². The molecule has 126 valence electrons. The van der Waals surface area contributed by atoms with E-state index < -0.39 is 0 Å². The van der Waals surface area contributed by atoms with E-state index in [4.69, 9.17) is 19.9 Å². The normalized spacial score (nSPS) is 21.3. The number of rotatable bonds is 6. The van der Waals surface area contributed by atoms with Crippen molar-refractivity contribution in [3.63, 3.8) is 0 Å². The monoisotopic (exact) mass is 330 g/mol. The lowest BCUT2D eigenvalue weighted by Gasteiger charge is -2.23. The Balaban J connectivity index is 0.00000242. The molecule has 2 rings (SSSR count). The lowest BCUT2D eigenvalue weighted by molar-refractivity contribution is 0.250. The molecule has 1 aliphatic heterocycles. The number of nitrogens with two attached hydrogens (primary N) is 1. The molecule has 1 aromatic rings. The molecule has 1 aromatic carbocycles. The van der Waals surface area contributed by atoms with Gasteiger partial charge in [-0.25, -0.2) is 0 Å². The maximum Gasteiger partial charge on any atom is 0.164 e. The molecule has 0 aromatic heterocycles. The average molecular weight is 331 g/mol. The standard InChI is InChI=1S/C16H26N2O3.ClH/c1-11-5-12(8-17)9-18(11)10-13-6-15(20-3)16(21-4)7-14(13)19-2;/h6-7,11-12H,5,8-10,17H2,1-4H3;1H. The van der Waals surface area contributed by atoms with E-state index in [1.807, 2.05) is 12.1 Å². The zero-order valence-electron chi connectivity index (χ0n) is 13.8. The second-order valence-electron chi connectivity index (χ2n) is 5.63. The van der Waals surface area contributed by atoms with E-state index >= 15 is 0 Å². The maximum absolute atomic E-state index is 5.80. The van der Waals surface area contributed by atoms with Crippen molar-refractivity contribution < 1.29 is 14.2 Å². The van der Waals surface area contributed by atoms with Crippen molar-refractivity contribution in [3.8, 4) is 17.2 Å². The molecular formula is C16H27ClN2O3. The molecule has 1 fully saturated rings. The Morgan fingerprint density at radius 3 is 2.18 bits per heavy atom. The summed E-state index contributed by atoms with van der Waals surface area (Å²) in [6.45, 7) is 4.88. The Hall–Kier alpha value is -1.17. The van der Waals surface area contributed by atoms with Crippen LogP contribution in [-0.4, -0.2) is 45.4 Å². The first-order valence-corrected chi connectivity index (χ1v) is 7.35. The number of nitrogens with zero attached hydrogens (tertiary/aromatic N) is 1. The molecule has 1 saturated heterocycles. The number of hydrogen-bond donors (Lipinski definition) is 1. The molecule has 6 heteroatoms. The van der Waals surface area contributed by atoms with E-state index in [0.717, 1.165) is 43.1 Å². The van der Waals surface area contributed by atoms with E-state index in [2.05, 4.69) is 11.8 Å². The van der Waals surface area contributed by atoms with Crippen LogP contribution in [-0.2, 0) is 6.54 Å². The quantitative estimate of drug-likeness (QED) is 0.867. The minimum Gasteiger partial charge on any atom is -0.496 e. The molecule has 1 aliphatic rings. The third kappa shape index (κ3) is 3.97. The van der Waals surface area contributed by atoms with Gasteiger partial charge in [-0.15, -0.1) is 12.4 Å². The Labute approximate surface area is 139 Å². The van der Waals surface area contributed by atoms with E-state index in [1.54, 1.807) is 21.3 Å². The first-order valence-electron chi connectivity index (χ1n) is 7.35. The summed E-state index contributed by atoms with van der Waals surface area (Å²) in [4.78, 5) is 2.45. The van der Waals surface area contributed by atoms with Gasteiger partial charge >= 0.3 is 0 Å². The number of methoxy groups -OCH3 is 3. The lowest BCUT2D eigenvalue weighted by Crippen LogP contribution is -2.27. The van der Waals surface area contributed by atoms with E-state index in [9.17, 15) is 0 Å². The summed E-state index contributed by atoms with van der Waals surface area (Å²) < 4.78 is 16.2. The van der Waals surface area contributed by atoms with Gasteiger partial charge in [0.05, 0.1) is 21.3 Å². The molecule has 5 nitrogen and oxygen atoms in total. The molecule has 22 heavy (non-hydrogen) atoms. The fourth-order valence-corrected chi connectivity index (χ4v) is 3.04. The summed E-state index contributed by atoms with van der Waals surface area (Å²) in [7, 11) is 4.96. The summed E-state index contributed by atoms with van der Waals surface area (Å²) in [5.41, 5.74) is 6.91. The third-order valence-electron chi connectivity index (χ3n) is 4.28. The molecule has 0 bridgehead atoms. The highest BCUT2D eigenvalue weighted by molar-refractivity contribution is 5.85. The predicted octanol–water partition coefficient (Wildman–Crippen LogP) is 2.30. The molecular weight excluding hydrogens is 304 g/mol. The lowest BCUT2D eigenvalue weighted by atomic mass is 10.1. The number of ether oxygens (including phenoxy) is 3. The summed E-state index contributed by atoms with van der Waals surface area (Å²) in [6, 6.07) is 4.42. The second-order valence-corrected chi connectivity index (χ2v) is 5.63. The Kier molecular flexibility index (Phi) is 7.26. The van der Waals surface area contributed by atoms with Gasteiger partial charge in [0.1, 0.15) is 5.75 Å². The molecule has 0 radical (unpaired) electrons. The second kappa shape index (κ2) is 8.46. The van der Waals surface area contributed by atoms with Crippen molar-refractivity contribution >= 4 is 12.4 Å². The summed E-state index contributed by atoms with van der Waals surface area (Å²) in [6.07, 6.45) is 1.16. The van der Waals surface area contributed by atoms with Crippen LogP contribution < -0.4 is 19.9 Å². The van der Waals surface area contributed by atoms with Crippen molar-refractivity contribution in [3.05, 3.63) is 17.7 Å². The van der Waals surface area contributed by atoms with Crippen molar-refractivity contribution in [1.82, 2.24) is 4.90 Å². The van der Waals surface area contributed by atoms with Crippen LogP contribution in [0.2, 0.25) is 0 Å². The molecule has 0 amide bonds. The highest BCUT2D eigenvalue weighted by atomic mass is 35.5. The van der Waals surface area contributed by atoms with Gasteiger partial charge in [-0.05, 0) is 31.9 Å². The highest BCUT2D eigenvalue weighted by Crippen LogP contribution is 2.36. The van der Waals surface area contributed by atoms with Gasteiger partial charge in [-0.3, -0.25) is 4.90 Å². The number of halogens is 1. The maximum atomic E-state index is 5.80. The van der Waals surface area contributed by atoms with Gasteiger partial charge in [0.15, 0.2) is 11.5 Å². The highest BCUT2D eigenvalue weighted by Gasteiger charge is 2.28. The molecule has 0 aliphatic carbocycles. The number of hydrogen-bond acceptors (Lipinski definition) is 5. The molecule has 2 unspecified atom stereocenters. The van der Waals surface area contributed by atoms with Gasteiger partial charge in [-0.1, -0.05) is 0 Å². The van der Waals surface area contributed by atoms with Crippen LogP contribution >= 0.6 is 12.4 Å². The minimum absolute atomic E-state index is 0. The zero-order chi connectivity index (χ0) is 15.4. The first-order chi connectivity index (χ1) is 10.1. The van der Waals surface area contributed by atoms with Crippen molar-refractivity contribution in [2.24, 2.45) is 11.7 Å². The summed E-state index contributed by atoms with van der Waals surface area (Å²) in [5, 5.41) is 0. The predicted molar refractivity (Wildman–Crippen MR) is 90.4 cm³/mol. The van der Waals surface area contributed by atoms with Crippen LogP contribution in [0.3, 0.4) is 0 Å². The number of benzene rings is 1. The Morgan fingerprint density at radius 2 is 1.68 bits per heavy atom. The average Bonchev–Trinajstić information content (AvgIpc) is 2.87. The van der Waals surface area contributed by atoms with Crippen LogP contribution in [0.25, 0.3) is 0 Å². The van der Waals surface area contributed by atoms with Crippen LogP contribution in [0.15, 0.2) is 12.1 Å². The Bertz CT molecular complexity index is 485. The van der Waals surface area contributed by atoms with E-state index in [-0.39, 0.29) is 12.4 Å². The van der Waals surface area contributed by atoms with Crippen molar-refractivity contribution in [1.29, 1.82) is 0 Å². The van der Waals surface area contributed by atoms with Gasteiger partial charge in [0.25, 0.3) is 0 Å². The third-order valence-corrected chi connectivity index (χ3v) is 4.28. The fraction of sp³-hybridized carbons (Fsp3) is 0.625. The van der Waals surface area contributed by atoms with Gasteiger partial charge in [-0.2, -0.15) is 0 Å². The first kappa shape index (κ1) is 18.9. The number of likely N-dealkylation sites (tertiary alicyclic amines) is 1. The van der Waals surface area contributed by atoms with Crippen LogP contribution in [0.5, 0.6) is 17.2 Å². The van der Waals surface area contributed by atoms with Crippen LogP contribution in [0.1, 0.15) is 18.9 Å². The molecule has 0 saturated carbocycles. The summed E-state index contributed by atoms with van der Waals surface area (Å²) >= 11 is 0. The molecule has 0 spiro atoms. The summed E-state index contributed by atoms with van der Waals surface area (Å²) in [5.74, 6) is 2.84. The topological polar surface area (TPSA) is 57.0 Å². The van der Waals surface area contributed by atoms with Crippen LogP contribution in [0.4, 0.5) is 0 Å². The SMILES string of the molecule is COc1cc(OC)c(OC)cc1CN1CC(CN)CC1C.Cl. The smallest absolute Gasteiger partial charge is 0.164 e. The molecule has 2 atom stereocenters. The van der Waals surface area contributed by atoms with E-state index in [0.29, 0.717) is 17.7 Å².